The van der Waals surface area contributed by atoms with Gasteiger partial charge >= 0.3 is 0 Å². The van der Waals surface area contributed by atoms with Gasteiger partial charge < -0.3 is 15.5 Å². The largest absolute Gasteiger partial charge is 0.503 e. The molecule has 1 aliphatic rings. The van der Waals surface area contributed by atoms with E-state index < -0.39 is 17.4 Å². The molecule has 0 spiro atoms. The van der Waals surface area contributed by atoms with Crippen LogP contribution in [-0.4, -0.2) is 22.4 Å². The Bertz CT molecular complexity index is 394. The lowest BCUT2D eigenvalue weighted by Crippen LogP contribution is -2.34. The number of aliphatic hydroxyl groups excluding tert-OH is 1. The highest BCUT2D eigenvalue weighted by atomic mass is 19.1. The van der Waals surface area contributed by atoms with Crippen molar-refractivity contribution in [1.29, 1.82) is 0 Å². The fraction of sp³-hybridized carbons (Fsp3) is 0.538. The average molecular weight is 257 g/mol. The fourth-order valence-electron chi connectivity index (χ4n) is 2.26. The number of hydrogen-bond acceptors (Lipinski definition) is 3. The number of phenolic OH excluding ortho intramolecular Hbond substituents is 1. The van der Waals surface area contributed by atoms with Crippen LogP contribution in [0, 0.1) is 11.6 Å². The van der Waals surface area contributed by atoms with Gasteiger partial charge in [0.2, 0.25) is 0 Å². The van der Waals surface area contributed by atoms with Gasteiger partial charge in [-0.15, -0.1) is 0 Å². The van der Waals surface area contributed by atoms with E-state index in [1.165, 1.54) is 0 Å². The van der Waals surface area contributed by atoms with Gasteiger partial charge in [0.1, 0.15) is 0 Å². The number of hydrogen-bond donors (Lipinski definition) is 3. The maximum absolute atomic E-state index is 13.1. The Morgan fingerprint density at radius 2 is 1.67 bits per heavy atom. The molecule has 0 saturated heterocycles. The number of nitrogens with one attached hydrogen (secondary N) is 1. The number of aliphatic hydroxyl groups is 1. The summed E-state index contributed by atoms with van der Waals surface area (Å²) in [7, 11) is 0. The highest BCUT2D eigenvalue weighted by Gasteiger charge is 2.19. The molecule has 0 aliphatic heterocycles. The number of rotatable bonds is 3. The standard InChI is InChI=1S/C13H17F2NO2/c14-11-5-8(6-12(15)13(11)18)7-16-9-1-3-10(17)4-2-9/h5-6,9-10,16-18H,1-4,7H2. The maximum Gasteiger partial charge on any atom is 0.187 e. The minimum Gasteiger partial charge on any atom is -0.503 e. The third-order valence-corrected chi connectivity index (χ3v) is 3.37. The van der Waals surface area contributed by atoms with Crippen LogP contribution in [0.15, 0.2) is 12.1 Å². The predicted octanol–water partition coefficient (Wildman–Crippen LogP) is 2.06. The van der Waals surface area contributed by atoms with Crippen molar-refractivity contribution in [1.82, 2.24) is 5.32 Å². The summed E-state index contributed by atoms with van der Waals surface area (Å²) in [6, 6.07) is 2.53. The van der Waals surface area contributed by atoms with Gasteiger partial charge in [0.05, 0.1) is 6.10 Å². The number of aromatic hydroxyl groups is 1. The first-order valence-corrected chi connectivity index (χ1v) is 6.14. The highest BCUT2D eigenvalue weighted by Crippen LogP contribution is 2.22. The van der Waals surface area contributed by atoms with Crippen molar-refractivity contribution in [2.45, 2.75) is 44.4 Å². The molecule has 0 bridgehead atoms. The Morgan fingerprint density at radius 3 is 2.22 bits per heavy atom. The molecule has 3 N–H and O–H groups in total. The van der Waals surface area contributed by atoms with E-state index in [0.29, 0.717) is 12.1 Å². The molecule has 0 amide bonds. The van der Waals surface area contributed by atoms with Gasteiger partial charge in [-0.25, -0.2) is 8.78 Å². The molecule has 0 unspecified atom stereocenters. The second-order valence-electron chi connectivity index (χ2n) is 4.79. The number of benzene rings is 1. The molecule has 2 rings (SSSR count). The smallest absolute Gasteiger partial charge is 0.187 e. The van der Waals surface area contributed by atoms with Crippen molar-refractivity contribution < 1.29 is 19.0 Å². The Morgan fingerprint density at radius 1 is 1.11 bits per heavy atom. The van der Waals surface area contributed by atoms with E-state index in [0.717, 1.165) is 37.8 Å². The van der Waals surface area contributed by atoms with Crippen LogP contribution in [0.25, 0.3) is 0 Å². The second kappa shape index (κ2) is 5.63. The molecule has 100 valence electrons. The molecule has 0 atom stereocenters. The van der Waals surface area contributed by atoms with Crippen LogP contribution in [-0.2, 0) is 6.54 Å². The van der Waals surface area contributed by atoms with Crippen LogP contribution in [0.4, 0.5) is 8.78 Å². The second-order valence-corrected chi connectivity index (χ2v) is 4.79. The molecule has 5 heteroatoms. The third-order valence-electron chi connectivity index (χ3n) is 3.37. The minimum atomic E-state index is -0.939. The molecular weight excluding hydrogens is 240 g/mol. The van der Waals surface area contributed by atoms with E-state index in [4.69, 9.17) is 5.11 Å². The molecule has 1 fully saturated rings. The van der Waals surface area contributed by atoms with Gasteiger partial charge in [0.15, 0.2) is 17.4 Å². The Kier molecular flexibility index (Phi) is 4.14. The topological polar surface area (TPSA) is 52.5 Å². The lowest BCUT2D eigenvalue weighted by atomic mass is 9.93. The average Bonchev–Trinajstić information content (AvgIpc) is 2.35. The molecule has 1 aromatic carbocycles. The number of phenols is 1. The van der Waals surface area contributed by atoms with Crippen LogP contribution in [0.1, 0.15) is 31.2 Å². The van der Waals surface area contributed by atoms with Crippen LogP contribution in [0.5, 0.6) is 5.75 Å². The van der Waals surface area contributed by atoms with Gasteiger partial charge in [-0.1, -0.05) is 0 Å². The molecular formula is C13H17F2NO2. The zero-order valence-corrected chi connectivity index (χ0v) is 10.00. The van der Waals surface area contributed by atoms with E-state index in [-0.39, 0.29) is 12.1 Å². The van der Waals surface area contributed by atoms with E-state index in [9.17, 15) is 13.9 Å². The summed E-state index contributed by atoms with van der Waals surface area (Å²) in [5, 5.41) is 21.5. The zero-order valence-electron chi connectivity index (χ0n) is 10.00. The molecule has 3 nitrogen and oxygen atoms in total. The monoisotopic (exact) mass is 257 g/mol. The van der Waals surface area contributed by atoms with E-state index >= 15 is 0 Å². The predicted molar refractivity (Wildman–Crippen MR) is 63.1 cm³/mol. The van der Waals surface area contributed by atoms with Crippen LogP contribution in [0.3, 0.4) is 0 Å². The fourth-order valence-corrected chi connectivity index (χ4v) is 2.26. The van der Waals surface area contributed by atoms with Crippen molar-refractivity contribution >= 4 is 0 Å². The third kappa shape index (κ3) is 3.17. The summed E-state index contributed by atoms with van der Waals surface area (Å²) in [6.45, 7) is 0.356. The molecule has 1 aliphatic carbocycles. The first-order chi connectivity index (χ1) is 8.56. The van der Waals surface area contributed by atoms with Crippen LogP contribution in [0.2, 0.25) is 0 Å². The first-order valence-electron chi connectivity index (χ1n) is 6.14. The lowest BCUT2D eigenvalue weighted by Gasteiger charge is -2.26. The summed E-state index contributed by atoms with van der Waals surface area (Å²) in [4.78, 5) is 0. The number of halogens is 2. The molecule has 1 saturated carbocycles. The van der Waals surface area contributed by atoms with E-state index in [1.54, 1.807) is 0 Å². The SMILES string of the molecule is Oc1c(F)cc(CNC2CCC(O)CC2)cc1F. The maximum atomic E-state index is 13.1. The van der Waals surface area contributed by atoms with Gasteiger partial charge in [0.25, 0.3) is 0 Å². The Balaban J connectivity index is 1.90. The summed E-state index contributed by atoms with van der Waals surface area (Å²) in [5.74, 6) is -2.81. The summed E-state index contributed by atoms with van der Waals surface area (Å²) in [6.07, 6.45) is 3.03. The van der Waals surface area contributed by atoms with Gasteiger partial charge in [-0.05, 0) is 43.4 Å². The summed E-state index contributed by atoms with van der Waals surface area (Å²) < 4.78 is 26.2. The van der Waals surface area contributed by atoms with E-state index in [1.807, 2.05) is 0 Å². The quantitative estimate of drug-likeness (QED) is 0.777. The highest BCUT2D eigenvalue weighted by molar-refractivity contribution is 5.29. The van der Waals surface area contributed by atoms with E-state index in [2.05, 4.69) is 5.32 Å². The Labute approximate surface area is 104 Å². The first kappa shape index (κ1) is 13.2. The molecule has 18 heavy (non-hydrogen) atoms. The Hall–Kier alpha value is -1.20. The van der Waals surface area contributed by atoms with Crippen molar-refractivity contribution in [3.63, 3.8) is 0 Å². The van der Waals surface area contributed by atoms with Crippen LogP contribution < -0.4 is 5.32 Å². The molecule has 0 radical (unpaired) electrons. The molecule has 1 aromatic rings. The van der Waals surface area contributed by atoms with Crippen molar-refractivity contribution in [2.24, 2.45) is 0 Å². The molecule has 0 heterocycles. The van der Waals surface area contributed by atoms with Crippen molar-refractivity contribution in [3.05, 3.63) is 29.3 Å². The normalized spacial score (nSPS) is 24.2. The van der Waals surface area contributed by atoms with Crippen molar-refractivity contribution in [2.75, 3.05) is 0 Å². The van der Waals surface area contributed by atoms with Gasteiger partial charge in [-0.2, -0.15) is 0 Å². The lowest BCUT2D eigenvalue weighted by molar-refractivity contribution is 0.116. The summed E-state index contributed by atoms with van der Waals surface area (Å²) >= 11 is 0. The van der Waals surface area contributed by atoms with Crippen LogP contribution >= 0.6 is 0 Å². The zero-order chi connectivity index (χ0) is 13.1. The summed E-state index contributed by atoms with van der Waals surface area (Å²) in [5.41, 5.74) is 0.467. The minimum absolute atomic E-state index is 0.216. The molecule has 0 aromatic heterocycles. The van der Waals surface area contributed by atoms with Crippen molar-refractivity contribution in [3.8, 4) is 5.75 Å². The van der Waals surface area contributed by atoms with Gasteiger partial charge in [-0.3, -0.25) is 0 Å². The van der Waals surface area contributed by atoms with Gasteiger partial charge in [0, 0.05) is 12.6 Å².